The van der Waals surface area contributed by atoms with E-state index >= 15 is 0 Å². The minimum Gasteiger partial charge on any atom is -0.480 e. The number of carboxylic acid groups (broad SMARTS) is 1. The van der Waals surface area contributed by atoms with Crippen molar-refractivity contribution in [2.24, 2.45) is 5.92 Å². The molecule has 0 saturated carbocycles. The number of pyridine rings is 1. The second-order valence-corrected chi connectivity index (χ2v) is 4.19. The number of aliphatic carboxylic acids is 1. The fourth-order valence-corrected chi connectivity index (χ4v) is 1.36. The van der Waals surface area contributed by atoms with Crippen molar-refractivity contribution < 1.29 is 14.7 Å². The lowest BCUT2D eigenvalue weighted by atomic mass is 10.0. The van der Waals surface area contributed by atoms with E-state index in [1.807, 2.05) is 0 Å². The van der Waals surface area contributed by atoms with Crippen molar-refractivity contribution in [1.82, 2.24) is 10.3 Å². The van der Waals surface area contributed by atoms with Gasteiger partial charge in [0.15, 0.2) is 0 Å². The number of nitrogens with zero attached hydrogens (tertiary/aromatic N) is 1. The fraction of sp³-hybridized carbons (Fsp3) is 0.308. The van der Waals surface area contributed by atoms with Crippen LogP contribution >= 0.6 is 0 Å². The van der Waals surface area contributed by atoms with Crippen molar-refractivity contribution in [2.45, 2.75) is 19.9 Å². The molecule has 1 unspecified atom stereocenters. The van der Waals surface area contributed by atoms with Gasteiger partial charge in [-0.05, 0) is 23.6 Å². The predicted octanol–water partition coefficient (Wildman–Crippen LogP) is 1.32. The van der Waals surface area contributed by atoms with E-state index in [-0.39, 0.29) is 5.92 Å². The normalized spacial score (nSPS) is 12.6. The lowest BCUT2D eigenvalue weighted by molar-refractivity contribution is -0.142. The third kappa shape index (κ3) is 4.37. The van der Waals surface area contributed by atoms with Gasteiger partial charge in [0, 0.05) is 18.5 Å². The van der Waals surface area contributed by atoms with Crippen LogP contribution in [0, 0.1) is 5.92 Å². The molecule has 96 valence electrons. The average Bonchev–Trinajstić information content (AvgIpc) is 2.34. The smallest absolute Gasteiger partial charge is 0.326 e. The lowest BCUT2D eigenvalue weighted by Crippen LogP contribution is -2.43. The molecule has 0 saturated heterocycles. The molecule has 5 nitrogen and oxygen atoms in total. The van der Waals surface area contributed by atoms with E-state index in [0.29, 0.717) is 0 Å². The Hall–Kier alpha value is -2.17. The summed E-state index contributed by atoms with van der Waals surface area (Å²) in [5, 5.41) is 11.4. The minimum absolute atomic E-state index is 0.168. The van der Waals surface area contributed by atoms with Crippen LogP contribution < -0.4 is 5.32 Å². The molecule has 0 aliphatic heterocycles. The third-order valence-electron chi connectivity index (χ3n) is 2.34. The number of carbonyl (C=O) groups is 2. The Bertz CT molecular complexity index is 441. The SMILES string of the molecule is CC(C)C(NC(=O)/C=C/c1cccnc1)C(=O)O. The monoisotopic (exact) mass is 248 g/mol. The highest BCUT2D eigenvalue weighted by atomic mass is 16.4. The number of hydrogen-bond acceptors (Lipinski definition) is 3. The molecular formula is C13H16N2O3. The molecule has 1 amide bonds. The van der Waals surface area contributed by atoms with E-state index in [9.17, 15) is 9.59 Å². The summed E-state index contributed by atoms with van der Waals surface area (Å²) in [6, 6.07) is 2.68. The topological polar surface area (TPSA) is 79.3 Å². The third-order valence-corrected chi connectivity index (χ3v) is 2.34. The van der Waals surface area contributed by atoms with E-state index in [1.165, 1.54) is 6.08 Å². The Morgan fingerprint density at radius 2 is 2.17 bits per heavy atom. The number of carbonyl (C=O) groups excluding carboxylic acids is 1. The van der Waals surface area contributed by atoms with Crippen molar-refractivity contribution in [2.75, 3.05) is 0 Å². The van der Waals surface area contributed by atoms with Gasteiger partial charge in [-0.3, -0.25) is 9.78 Å². The number of amides is 1. The number of nitrogens with one attached hydrogen (secondary N) is 1. The van der Waals surface area contributed by atoms with Crippen LogP contribution in [0.25, 0.3) is 6.08 Å². The molecular weight excluding hydrogens is 232 g/mol. The predicted molar refractivity (Wildman–Crippen MR) is 67.7 cm³/mol. The first-order valence-corrected chi connectivity index (χ1v) is 5.62. The van der Waals surface area contributed by atoms with Gasteiger partial charge in [0.25, 0.3) is 0 Å². The van der Waals surface area contributed by atoms with Gasteiger partial charge >= 0.3 is 5.97 Å². The summed E-state index contributed by atoms with van der Waals surface area (Å²) in [4.78, 5) is 26.4. The molecule has 1 aromatic rings. The van der Waals surface area contributed by atoms with Crippen LogP contribution in [0.3, 0.4) is 0 Å². The van der Waals surface area contributed by atoms with Crippen molar-refractivity contribution in [3.63, 3.8) is 0 Å². The minimum atomic E-state index is -1.03. The first-order valence-electron chi connectivity index (χ1n) is 5.62. The standard InChI is InChI=1S/C13H16N2O3/c1-9(2)12(13(17)18)15-11(16)6-5-10-4-3-7-14-8-10/h3-9,12H,1-2H3,(H,15,16)(H,17,18)/b6-5+. The Morgan fingerprint density at radius 3 is 2.67 bits per heavy atom. The summed E-state index contributed by atoms with van der Waals surface area (Å²) in [6.45, 7) is 3.48. The van der Waals surface area contributed by atoms with Crippen LogP contribution in [-0.4, -0.2) is 28.0 Å². The molecule has 1 atom stereocenters. The average molecular weight is 248 g/mol. The van der Waals surface area contributed by atoms with Crippen molar-refractivity contribution in [1.29, 1.82) is 0 Å². The fourth-order valence-electron chi connectivity index (χ4n) is 1.36. The van der Waals surface area contributed by atoms with Gasteiger partial charge in [0.1, 0.15) is 6.04 Å². The van der Waals surface area contributed by atoms with E-state index in [0.717, 1.165) is 5.56 Å². The number of rotatable bonds is 5. The van der Waals surface area contributed by atoms with Crippen molar-refractivity contribution >= 4 is 18.0 Å². The molecule has 1 heterocycles. The highest BCUT2D eigenvalue weighted by molar-refractivity contribution is 5.94. The number of hydrogen-bond donors (Lipinski definition) is 2. The van der Waals surface area contributed by atoms with Gasteiger partial charge in [0.05, 0.1) is 0 Å². The first-order chi connectivity index (χ1) is 8.50. The Morgan fingerprint density at radius 1 is 1.44 bits per heavy atom. The van der Waals surface area contributed by atoms with Crippen molar-refractivity contribution in [3.05, 3.63) is 36.2 Å². The zero-order valence-corrected chi connectivity index (χ0v) is 10.3. The molecule has 1 rings (SSSR count). The first kappa shape index (κ1) is 13.9. The van der Waals surface area contributed by atoms with Crippen molar-refractivity contribution in [3.8, 4) is 0 Å². The molecule has 0 aliphatic rings. The van der Waals surface area contributed by atoms with Gasteiger partial charge in [-0.25, -0.2) is 4.79 Å². The summed E-state index contributed by atoms with van der Waals surface area (Å²) >= 11 is 0. The molecule has 2 N–H and O–H groups in total. The zero-order valence-electron chi connectivity index (χ0n) is 10.3. The molecule has 0 aromatic carbocycles. The van der Waals surface area contributed by atoms with Gasteiger partial charge in [-0.1, -0.05) is 19.9 Å². The van der Waals surface area contributed by atoms with Crippen LogP contribution in [-0.2, 0) is 9.59 Å². The zero-order chi connectivity index (χ0) is 13.5. The van der Waals surface area contributed by atoms with Crippen LogP contribution in [0.1, 0.15) is 19.4 Å². The number of carboxylic acids is 1. The highest BCUT2D eigenvalue weighted by Crippen LogP contribution is 2.02. The summed E-state index contributed by atoms with van der Waals surface area (Å²) in [7, 11) is 0. The summed E-state index contributed by atoms with van der Waals surface area (Å²) in [6.07, 6.45) is 6.13. The van der Waals surface area contributed by atoms with Crippen LogP contribution in [0.4, 0.5) is 0 Å². The second kappa shape index (κ2) is 6.54. The second-order valence-electron chi connectivity index (χ2n) is 4.19. The molecule has 0 aliphatic carbocycles. The highest BCUT2D eigenvalue weighted by Gasteiger charge is 2.22. The molecule has 1 aromatic heterocycles. The molecule has 0 bridgehead atoms. The Balaban J connectivity index is 2.61. The number of aromatic nitrogens is 1. The Kier molecular flexibility index (Phi) is 5.05. The quantitative estimate of drug-likeness (QED) is 0.770. The van der Waals surface area contributed by atoms with E-state index in [2.05, 4.69) is 10.3 Å². The largest absolute Gasteiger partial charge is 0.480 e. The molecule has 0 radical (unpaired) electrons. The van der Waals surface area contributed by atoms with Crippen LogP contribution in [0.5, 0.6) is 0 Å². The summed E-state index contributed by atoms with van der Waals surface area (Å²) in [5.41, 5.74) is 0.782. The van der Waals surface area contributed by atoms with Gasteiger partial charge in [-0.15, -0.1) is 0 Å². The van der Waals surface area contributed by atoms with Gasteiger partial charge < -0.3 is 10.4 Å². The molecule has 18 heavy (non-hydrogen) atoms. The Labute approximate surface area is 106 Å². The van der Waals surface area contributed by atoms with Gasteiger partial charge in [-0.2, -0.15) is 0 Å². The van der Waals surface area contributed by atoms with Crippen LogP contribution in [0.15, 0.2) is 30.6 Å². The van der Waals surface area contributed by atoms with E-state index < -0.39 is 17.9 Å². The molecule has 0 fully saturated rings. The maximum Gasteiger partial charge on any atom is 0.326 e. The molecule has 0 spiro atoms. The van der Waals surface area contributed by atoms with E-state index in [4.69, 9.17) is 5.11 Å². The maximum absolute atomic E-state index is 11.6. The molecule has 5 heteroatoms. The van der Waals surface area contributed by atoms with E-state index in [1.54, 1.807) is 44.4 Å². The lowest BCUT2D eigenvalue weighted by Gasteiger charge is -2.16. The summed E-state index contributed by atoms with van der Waals surface area (Å²) in [5.74, 6) is -1.63. The van der Waals surface area contributed by atoms with Crippen LogP contribution in [0.2, 0.25) is 0 Å². The maximum atomic E-state index is 11.6. The van der Waals surface area contributed by atoms with Gasteiger partial charge in [0.2, 0.25) is 5.91 Å². The summed E-state index contributed by atoms with van der Waals surface area (Å²) < 4.78 is 0.